The van der Waals surface area contributed by atoms with Crippen molar-refractivity contribution in [2.75, 3.05) is 6.61 Å². The molecule has 4 heteroatoms. The topological polar surface area (TPSA) is 64.3 Å². The van der Waals surface area contributed by atoms with Gasteiger partial charge in [-0.05, 0) is 25.7 Å². The SMILES string of the molecule is CCOC1CC(N)C1NC(=O)CCC(C)C. The Kier molecular flexibility index (Phi) is 5.22. The number of hydrogen-bond donors (Lipinski definition) is 2. The molecule has 16 heavy (non-hydrogen) atoms. The number of nitrogens with two attached hydrogens (primary N) is 1. The quantitative estimate of drug-likeness (QED) is 0.714. The maximum Gasteiger partial charge on any atom is 0.220 e. The minimum absolute atomic E-state index is 0.0135. The smallest absolute Gasteiger partial charge is 0.220 e. The molecule has 94 valence electrons. The first-order valence-electron chi connectivity index (χ1n) is 6.21. The number of carbonyl (C=O) groups is 1. The third kappa shape index (κ3) is 3.76. The molecule has 3 atom stereocenters. The van der Waals surface area contributed by atoms with E-state index in [2.05, 4.69) is 19.2 Å². The average molecular weight is 228 g/mol. The zero-order chi connectivity index (χ0) is 12.1. The number of ether oxygens (including phenoxy) is 1. The van der Waals surface area contributed by atoms with E-state index >= 15 is 0 Å². The highest BCUT2D eigenvalue weighted by Crippen LogP contribution is 2.22. The van der Waals surface area contributed by atoms with E-state index in [9.17, 15) is 4.79 Å². The van der Waals surface area contributed by atoms with Gasteiger partial charge in [0, 0.05) is 19.1 Å². The van der Waals surface area contributed by atoms with Crippen LogP contribution < -0.4 is 11.1 Å². The van der Waals surface area contributed by atoms with E-state index in [0.717, 1.165) is 12.8 Å². The molecular weight excluding hydrogens is 204 g/mol. The lowest BCUT2D eigenvalue weighted by Gasteiger charge is -2.42. The van der Waals surface area contributed by atoms with Crippen molar-refractivity contribution in [1.82, 2.24) is 5.32 Å². The Labute approximate surface area is 97.9 Å². The highest BCUT2D eigenvalue weighted by molar-refractivity contribution is 5.76. The number of carbonyl (C=O) groups excluding carboxylic acids is 1. The fraction of sp³-hybridized carbons (Fsp3) is 0.917. The molecule has 3 N–H and O–H groups in total. The van der Waals surface area contributed by atoms with Crippen LogP contribution in [-0.2, 0) is 9.53 Å². The van der Waals surface area contributed by atoms with Crippen molar-refractivity contribution in [3.63, 3.8) is 0 Å². The van der Waals surface area contributed by atoms with Crippen molar-refractivity contribution in [1.29, 1.82) is 0 Å². The Morgan fingerprint density at radius 1 is 1.56 bits per heavy atom. The van der Waals surface area contributed by atoms with Crippen LogP contribution in [0.4, 0.5) is 0 Å². The van der Waals surface area contributed by atoms with Crippen LogP contribution in [0.2, 0.25) is 0 Å². The molecule has 0 saturated heterocycles. The third-order valence-corrected chi connectivity index (χ3v) is 3.02. The first-order valence-corrected chi connectivity index (χ1v) is 6.21. The van der Waals surface area contributed by atoms with E-state index in [-0.39, 0.29) is 24.1 Å². The van der Waals surface area contributed by atoms with Crippen LogP contribution in [0, 0.1) is 5.92 Å². The van der Waals surface area contributed by atoms with E-state index in [0.29, 0.717) is 18.9 Å². The van der Waals surface area contributed by atoms with Crippen molar-refractivity contribution in [2.45, 2.75) is 58.2 Å². The molecule has 1 aliphatic carbocycles. The van der Waals surface area contributed by atoms with Crippen LogP contribution in [-0.4, -0.2) is 30.7 Å². The molecule has 1 amide bonds. The molecule has 1 aliphatic rings. The molecule has 0 bridgehead atoms. The van der Waals surface area contributed by atoms with Crippen LogP contribution in [0.25, 0.3) is 0 Å². The number of hydrogen-bond acceptors (Lipinski definition) is 3. The molecule has 1 rings (SSSR count). The summed E-state index contributed by atoms with van der Waals surface area (Å²) in [6.45, 7) is 6.87. The summed E-state index contributed by atoms with van der Waals surface area (Å²) in [7, 11) is 0. The zero-order valence-electron chi connectivity index (χ0n) is 10.5. The molecule has 1 saturated carbocycles. The first kappa shape index (κ1) is 13.5. The van der Waals surface area contributed by atoms with Crippen molar-refractivity contribution in [3.8, 4) is 0 Å². The van der Waals surface area contributed by atoms with Gasteiger partial charge in [-0.15, -0.1) is 0 Å². The molecule has 0 aliphatic heterocycles. The van der Waals surface area contributed by atoms with Gasteiger partial charge in [-0.2, -0.15) is 0 Å². The van der Waals surface area contributed by atoms with E-state index in [1.807, 2.05) is 6.92 Å². The molecule has 3 unspecified atom stereocenters. The highest BCUT2D eigenvalue weighted by atomic mass is 16.5. The van der Waals surface area contributed by atoms with Crippen molar-refractivity contribution >= 4 is 5.91 Å². The van der Waals surface area contributed by atoms with Gasteiger partial charge in [-0.25, -0.2) is 0 Å². The van der Waals surface area contributed by atoms with E-state index in [4.69, 9.17) is 10.5 Å². The van der Waals surface area contributed by atoms with E-state index in [1.165, 1.54) is 0 Å². The van der Waals surface area contributed by atoms with E-state index < -0.39 is 0 Å². The molecule has 0 radical (unpaired) electrons. The van der Waals surface area contributed by atoms with E-state index in [1.54, 1.807) is 0 Å². The lowest BCUT2D eigenvalue weighted by molar-refractivity contribution is -0.126. The largest absolute Gasteiger partial charge is 0.376 e. The lowest BCUT2D eigenvalue weighted by atomic mass is 9.83. The highest BCUT2D eigenvalue weighted by Gasteiger charge is 2.40. The Balaban J connectivity index is 2.26. The fourth-order valence-corrected chi connectivity index (χ4v) is 1.90. The normalized spacial score (nSPS) is 28.9. The van der Waals surface area contributed by atoms with Gasteiger partial charge in [-0.3, -0.25) is 4.79 Å². The van der Waals surface area contributed by atoms with Gasteiger partial charge >= 0.3 is 0 Å². The average Bonchev–Trinajstić information content (AvgIpc) is 2.23. The molecule has 4 nitrogen and oxygen atoms in total. The first-order chi connectivity index (χ1) is 7.54. The Hall–Kier alpha value is -0.610. The molecule has 1 fully saturated rings. The number of rotatable bonds is 6. The second-order valence-corrected chi connectivity index (χ2v) is 4.92. The van der Waals surface area contributed by atoms with Gasteiger partial charge in [0.1, 0.15) is 0 Å². The predicted molar refractivity (Wildman–Crippen MR) is 64.0 cm³/mol. The number of amides is 1. The van der Waals surface area contributed by atoms with Gasteiger partial charge in [0.05, 0.1) is 12.1 Å². The van der Waals surface area contributed by atoms with Gasteiger partial charge in [0.25, 0.3) is 0 Å². The molecule has 0 aromatic rings. The van der Waals surface area contributed by atoms with Gasteiger partial charge in [0.2, 0.25) is 5.91 Å². The second-order valence-electron chi connectivity index (χ2n) is 4.92. The summed E-state index contributed by atoms with van der Waals surface area (Å²) in [5.41, 5.74) is 5.85. The zero-order valence-corrected chi connectivity index (χ0v) is 10.5. The number of nitrogens with one attached hydrogen (secondary N) is 1. The van der Waals surface area contributed by atoms with Crippen LogP contribution in [0.5, 0.6) is 0 Å². The van der Waals surface area contributed by atoms with Crippen molar-refractivity contribution in [3.05, 3.63) is 0 Å². The predicted octanol–water partition coefficient (Wildman–Crippen LogP) is 1.04. The second kappa shape index (κ2) is 6.21. The minimum atomic E-state index is 0.0135. The van der Waals surface area contributed by atoms with Gasteiger partial charge < -0.3 is 15.8 Å². The molecule has 0 aromatic carbocycles. The van der Waals surface area contributed by atoms with Crippen molar-refractivity contribution in [2.24, 2.45) is 11.7 Å². The van der Waals surface area contributed by atoms with Crippen LogP contribution >= 0.6 is 0 Å². The Morgan fingerprint density at radius 2 is 2.25 bits per heavy atom. The van der Waals surface area contributed by atoms with Gasteiger partial charge in [-0.1, -0.05) is 13.8 Å². The van der Waals surface area contributed by atoms with Crippen LogP contribution in [0.15, 0.2) is 0 Å². The monoisotopic (exact) mass is 228 g/mol. The molecule has 0 spiro atoms. The molecular formula is C12H24N2O2. The summed E-state index contributed by atoms with van der Waals surface area (Å²) in [6, 6.07) is 0.0687. The minimum Gasteiger partial charge on any atom is -0.376 e. The van der Waals surface area contributed by atoms with Crippen molar-refractivity contribution < 1.29 is 9.53 Å². The maximum atomic E-state index is 11.6. The fourth-order valence-electron chi connectivity index (χ4n) is 1.90. The Bertz CT molecular complexity index is 229. The van der Waals surface area contributed by atoms with Crippen LogP contribution in [0.3, 0.4) is 0 Å². The summed E-state index contributed by atoms with van der Waals surface area (Å²) in [5.74, 6) is 0.655. The summed E-state index contributed by atoms with van der Waals surface area (Å²) in [6.07, 6.45) is 2.47. The summed E-state index contributed by atoms with van der Waals surface area (Å²) < 4.78 is 5.49. The summed E-state index contributed by atoms with van der Waals surface area (Å²) in [5, 5.41) is 2.97. The third-order valence-electron chi connectivity index (χ3n) is 3.02. The van der Waals surface area contributed by atoms with Gasteiger partial charge in [0.15, 0.2) is 0 Å². The standard InChI is InChI=1S/C12H24N2O2/c1-4-16-10-7-9(13)12(10)14-11(15)6-5-8(2)3/h8-10,12H,4-7,13H2,1-3H3,(H,14,15). The molecule has 0 aromatic heterocycles. The Morgan fingerprint density at radius 3 is 2.75 bits per heavy atom. The summed E-state index contributed by atoms with van der Waals surface area (Å²) >= 11 is 0. The lowest BCUT2D eigenvalue weighted by Crippen LogP contribution is -2.64. The maximum absolute atomic E-state index is 11.6. The summed E-state index contributed by atoms with van der Waals surface area (Å²) in [4.78, 5) is 11.6. The van der Waals surface area contributed by atoms with Crippen LogP contribution in [0.1, 0.15) is 40.0 Å². The molecule has 0 heterocycles.